The minimum atomic E-state index is -5.08. The van der Waals surface area contributed by atoms with Crippen LogP contribution in [0.15, 0.2) is 0 Å². The number of carboxylic acids is 1. The lowest BCUT2D eigenvalue weighted by Gasteiger charge is -2.21. The Labute approximate surface area is 88.6 Å². The molecule has 0 atom stereocenters. The molecule has 0 aromatic carbocycles. The Morgan fingerprint density at radius 3 is 1.81 bits per heavy atom. The SMILES string of the molecule is FC(F)C1CCNCC1.O=C(O)C(F)(F)F. The summed E-state index contributed by atoms with van der Waals surface area (Å²) < 4.78 is 55.5. The predicted octanol–water partition coefficient (Wildman–Crippen LogP) is 1.88. The van der Waals surface area contributed by atoms with E-state index >= 15 is 0 Å². The van der Waals surface area contributed by atoms with Gasteiger partial charge in [-0.1, -0.05) is 0 Å². The van der Waals surface area contributed by atoms with Crippen molar-refractivity contribution in [3.8, 4) is 0 Å². The van der Waals surface area contributed by atoms with E-state index in [1.54, 1.807) is 0 Å². The molecule has 0 aromatic heterocycles. The van der Waals surface area contributed by atoms with E-state index in [2.05, 4.69) is 5.32 Å². The Bertz CT molecular complexity index is 213. The van der Waals surface area contributed by atoms with Crippen LogP contribution in [0.1, 0.15) is 12.8 Å². The van der Waals surface area contributed by atoms with Crippen LogP contribution in [0.3, 0.4) is 0 Å². The zero-order valence-corrected chi connectivity index (χ0v) is 8.23. The third-order valence-corrected chi connectivity index (χ3v) is 1.98. The van der Waals surface area contributed by atoms with Gasteiger partial charge in [0.05, 0.1) is 0 Å². The largest absolute Gasteiger partial charge is 0.490 e. The number of carbonyl (C=O) groups is 1. The number of hydrogen-bond donors (Lipinski definition) is 2. The molecule has 8 heteroatoms. The van der Waals surface area contributed by atoms with Gasteiger partial charge in [0.25, 0.3) is 0 Å². The number of carboxylic acid groups (broad SMARTS) is 1. The maximum absolute atomic E-state index is 11.9. The summed E-state index contributed by atoms with van der Waals surface area (Å²) >= 11 is 0. The maximum Gasteiger partial charge on any atom is 0.490 e. The van der Waals surface area contributed by atoms with Crippen LogP contribution in [0.4, 0.5) is 22.0 Å². The molecule has 1 aliphatic heterocycles. The van der Waals surface area contributed by atoms with E-state index in [1.165, 1.54) is 0 Å². The van der Waals surface area contributed by atoms with Crippen LogP contribution < -0.4 is 5.32 Å². The van der Waals surface area contributed by atoms with Crippen LogP contribution in [0.2, 0.25) is 0 Å². The molecule has 0 saturated carbocycles. The van der Waals surface area contributed by atoms with E-state index in [1.807, 2.05) is 0 Å². The molecule has 96 valence electrons. The highest BCUT2D eigenvalue weighted by Crippen LogP contribution is 2.19. The Hall–Kier alpha value is -0.920. The van der Waals surface area contributed by atoms with Crippen molar-refractivity contribution in [1.29, 1.82) is 0 Å². The van der Waals surface area contributed by atoms with Crippen molar-refractivity contribution in [1.82, 2.24) is 5.32 Å². The monoisotopic (exact) mass is 249 g/mol. The lowest BCUT2D eigenvalue weighted by molar-refractivity contribution is -0.192. The molecule has 1 fully saturated rings. The van der Waals surface area contributed by atoms with Crippen LogP contribution in [0, 0.1) is 5.92 Å². The minimum Gasteiger partial charge on any atom is -0.475 e. The molecule has 1 heterocycles. The second-order valence-corrected chi connectivity index (χ2v) is 3.22. The van der Waals surface area contributed by atoms with E-state index in [0.29, 0.717) is 12.8 Å². The molecule has 2 N–H and O–H groups in total. The number of hydrogen-bond acceptors (Lipinski definition) is 2. The number of rotatable bonds is 1. The maximum atomic E-state index is 11.9. The second-order valence-electron chi connectivity index (χ2n) is 3.22. The molecule has 16 heavy (non-hydrogen) atoms. The van der Waals surface area contributed by atoms with Crippen molar-refractivity contribution in [3.05, 3.63) is 0 Å². The first-order chi connectivity index (χ1) is 7.25. The topological polar surface area (TPSA) is 49.3 Å². The van der Waals surface area contributed by atoms with E-state index in [-0.39, 0.29) is 5.92 Å². The fourth-order valence-corrected chi connectivity index (χ4v) is 1.10. The molecule has 0 aromatic rings. The van der Waals surface area contributed by atoms with Crippen LogP contribution in [0.25, 0.3) is 0 Å². The van der Waals surface area contributed by atoms with Crippen molar-refractivity contribution in [3.63, 3.8) is 0 Å². The summed E-state index contributed by atoms with van der Waals surface area (Å²) in [5.74, 6) is -3.10. The Balaban J connectivity index is 0.000000293. The zero-order chi connectivity index (χ0) is 12.8. The summed E-state index contributed by atoms with van der Waals surface area (Å²) in [5.41, 5.74) is 0. The first-order valence-corrected chi connectivity index (χ1v) is 4.54. The molecule has 3 nitrogen and oxygen atoms in total. The van der Waals surface area contributed by atoms with E-state index in [4.69, 9.17) is 9.90 Å². The Morgan fingerprint density at radius 1 is 1.25 bits per heavy atom. The molecule has 0 bridgehead atoms. The van der Waals surface area contributed by atoms with Gasteiger partial charge in [-0.05, 0) is 25.9 Å². The summed E-state index contributed by atoms with van der Waals surface area (Å²) in [6.45, 7) is 1.52. The van der Waals surface area contributed by atoms with Crippen molar-refractivity contribution >= 4 is 5.97 Å². The molecule has 1 aliphatic rings. The summed E-state index contributed by atoms with van der Waals surface area (Å²) in [6, 6.07) is 0. The van der Waals surface area contributed by atoms with Gasteiger partial charge in [0, 0.05) is 5.92 Å². The highest BCUT2D eigenvalue weighted by molar-refractivity contribution is 5.73. The smallest absolute Gasteiger partial charge is 0.475 e. The molecular formula is C8H12F5NO2. The van der Waals surface area contributed by atoms with Gasteiger partial charge in [-0.3, -0.25) is 0 Å². The summed E-state index contributed by atoms with van der Waals surface area (Å²) in [6.07, 6.45) is -5.91. The quantitative estimate of drug-likeness (QED) is 0.697. The van der Waals surface area contributed by atoms with Crippen LogP contribution in [-0.2, 0) is 4.79 Å². The molecule has 0 unspecified atom stereocenters. The summed E-state index contributed by atoms with van der Waals surface area (Å²) in [7, 11) is 0. The van der Waals surface area contributed by atoms with E-state index in [9.17, 15) is 22.0 Å². The Kier molecular flexibility index (Phi) is 6.24. The van der Waals surface area contributed by atoms with Crippen molar-refractivity contribution in [2.45, 2.75) is 25.4 Å². The van der Waals surface area contributed by atoms with E-state index in [0.717, 1.165) is 13.1 Å². The van der Waals surface area contributed by atoms with Crippen molar-refractivity contribution in [2.75, 3.05) is 13.1 Å². The van der Waals surface area contributed by atoms with Crippen molar-refractivity contribution in [2.24, 2.45) is 5.92 Å². The molecule has 0 amide bonds. The van der Waals surface area contributed by atoms with Gasteiger partial charge >= 0.3 is 12.1 Å². The molecule has 0 radical (unpaired) electrons. The summed E-state index contributed by atoms with van der Waals surface area (Å²) in [5, 5.41) is 10.2. The zero-order valence-electron chi connectivity index (χ0n) is 8.23. The van der Waals surface area contributed by atoms with Crippen molar-refractivity contribution < 1.29 is 31.9 Å². The highest BCUT2D eigenvalue weighted by Gasteiger charge is 2.38. The number of nitrogens with one attached hydrogen (secondary N) is 1. The van der Waals surface area contributed by atoms with Gasteiger partial charge in [0.1, 0.15) is 0 Å². The van der Waals surface area contributed by atoms with Gasteiger partial charge in [0.15, 0.2) is 0 Å². The number of aliphatic carboxylic acids is 1. The second kappa shape index (κ2) is 6.62. The molecule has 1 saturated heterocycles. The highest BCUT2D eigenvalue weighted by atomic mass is 19.4. The predicted molar refractivity (Wildman–Crippen MR) is 45.3 cm³/mol. The lowest BCUT2D eigenvalue weighted by Crippen LogP contribution is -2.30. The van der Waals surface area contributed by atoms with Crippen LogP contribution in [-0.4, -0.2) is 36.8 Å². The average molecular weight is 249 g/mol. The first-order valence-electron chi connectivity index (χ1n) is 4.54. The number of piperidine rings is 1. The van der Waals surface area contributed by atoms with Gasteiger partial charge in [-0.2, -0.15) is 13.2 Å². The standard InChI is InChI=1S/C6H11F2N.C2HF3O2/c7-6(8)5-1-3-9-4-2-5;3-2(4,5)1(6)7/h5-6,9H,1-4H2;(H,6,7). The van der Waals surface area contributed by atoms with Gasteiger partial charge < -0.3 is 10.4 Å². The first kappa shape index (κ1) is 15.1. The lowest BCUT2D eigenvalue weighted by atomic mass is 9.99. The Morgan fingerprint density at radius 2 is 1.62 bits per heavy atom. The van der Waals surface area contributed by atoms with Gasteiger partial charge in [-0.25, -0.2) is 13.6 Å². The van der Waals surface area contributed by atoms with E-state index < -0.39 is 18.6 Å². The van der Waals surface area contributed by atoms with Gasteiger partial charge in [0.2, 0.25) is 6.43 Å². The molecule has 1 rings (SSSR count). The number of alkyl halides is 5. The van der Waals surface area contributed by atoms with Crippen LogP contribution >= 0.6 is 0 Å². The molecular weight excluding hydrogens is 237 g/mol. The van der Waals surface area contributed by atoms with Gasteiger partial charge in [-0.15, -0.1) is 0 Å². The number of halogens is 5. The third kappa shape index (κ3) is 6.54. The fourth-order valence-electron chi connectivity index (χ4n) is 1.10. The van der Waals surface area contributed by atoms with Crippen LogP contribution in [0.5, 0.6) is 0 Å². The average Bonchev–Trinajstić information content (AvgIpc) is 2.18. The third-order valence-electron chi connectivity index (χ3n) is 1.98. The molecule has 0 aliphatic carbocycles. The minimum absolute atomic E-state index is 0.341. The normalized spacial score (nSPS) is 17.9. The molecule has 0 spiro atoms. The fraction of sp³-hybridized carbons (Fsp3) is 0.875. The summed E-state index contributed by atoms with van der Waals surface area (Å²) in [4.78, 5) is 8.90.